The molecule has 6 nitrogen and oxygen atoms in total. The lowest BCUT2D eigenvalue weighted by molar-refractivity contribution is -0.129. The van der Waals surface area contributed by atoms with Gasteiger partial charge in [-0.1, -0.05) is 0 Å². The van der Waals surface area contributed by atoms with Gasteiger partial charge in [-0.2, -0.15) is 0 Å². The van der Waals surface area contributed by atoms with Crippen LogP contribution in [0.15, 0.2) is 0 Å². The zero-order valence-electron chi connectivity index (χ0n) is 6.80. The normalized spacial score (nSPS) is 27.2. The van der Waals surface area contributed by atoms with Gasteiger partial charge >= 0.3 is 0 Å². The highest BCUT2D eigenvalue weighted by atomic mass is 16.4. The van der Waals surface area contributed by atoms with E-state index in [1.807, 2.05) is 5.32 Å². The maximum Gasteiger partial charge on any atom is 0.232 e. The molecule has 0 saturated carbocycles. The molecule has 6 heteroatoms. The number of nitrogens with one attached hydrogen (secondary N) is 1. The second kappa shape index (κ2) is 3.82. The molecule has 13 heavy (non-hydrogen) atoms. The fourth-order valence-corrected chi connectivity index (χ4v) is 1.23. The van der Waals surface area contributed by atoms with E-state index in [2.05, 4.69) is 0 Å². The number of carbonyl (C=O) groups is 2. The smallest absolute Gasteiger partial charge is 0.232 e. The molecule has 0 bridgehead atoms. The van der Waals surface area contributed by atoms with Crippen LogP contribution in [0.1, 0.15) is 6.42 Å². The number of imide groups is 1. The first kappa shape index (κ1) is 10.1. The van der Waals surface area contributed by atoms with Crippen LogP contribution in [0.25, 0.3) is 0 Å². The highest BCUT2D eigenvalue weighted by Gasteiger charge is 2.38. The van der Waals surface area contributed by atoms with Gasteiger partial charge in [-0.25, -0.2) is 0 Å². The Kier molecular flexibility index (Phi) is 2.97. The standard InChI is InChI=1S/C7H11NO5/c9-2-4(10)6(12)3-1-5(11)8-7(3)13/h3-4,6,9-10,12H,1-2H2,(H,8,11,13). The Bertz CT molecular complexity index is 229. The monoisotopic (exact) mass is 189 g/mol. The quantitative estimate of drug-likeness (QED) is 0.363. The molecule has 1 aliphatic rings. The largest absolute Gasteiger partial charge is 0.394 e. The van der Waals surface area contributed by atoms with Crippen LogP contribution in [0.4, 0.5) is 0 Å². The Balaban J connectivity index is 2.61. The summed E-state index contributed by atoms with van der Waals surface area (Å²) in [7, 11) is 0. The lowest BCUT2D eigenvalue weighted by Gasteiger charge is -2.18. The van der Waals surface area contributed by atoms with Crippen molar-refractivity contribution in [3.63, 3.8) is 0 Å². The topological polar surface area (TPSA) is 107 Å². The summed E-state index contributed by atoms with van der Waals surface area (Å²) in [6, 6.07) is 0. The van der Waals surface area contributed by atoms with Crippen LogP contribution in [0.5, 0.6) is 0 Å². The van der Waals surface area contributed by atoms with Crippen LogP contribution < -0.4 is 5.32 Å². The fourth-order valence-electron chi connectivity index (χ4n) is 1.23. The zero-order valence-corrected chi connectivity index (χ0v) is 6.80. The lowest BCUT2D eigenvalue weighted by atomic mass is 9.97. The van der Waals surface area contributed by atoms with E-state index in [9.17, 15) is 14.7 Å². The minimum absolute atomic E-state index is 0.142. The number of amides is 2. The van der Waals surface area contributed by atoms with Crippen molar-refractivity contribution in [1.82, 2.24) is 5.32 Å². The first-order valence-corrected chi connectivity index (χ1v) is 3.87. The van der Waals surface area contributed by atoms with Crippen LogP contribution in [0.2, 0.25) is 0 Å². The summed E-state index contributed by atoms with van der Waals surface area (Å²) in [4.78, 5) is 21.7. The van der Waals surface area contributed by atoms with E-state index in [0.717, 1.165) is 0 Å². The minimum atomic E-state index is -1.39. The van der Waals surface area contributed by atoms with Gasteiger partial charge in [0.05, 0.1) is 18.6 Å². The van der Waals surface area contributed by atoms with E-state index in [4.69, 9.17) is 10.2 Å². The fraction of sp³-hybridized carbons (Fsp3) is 0.714. The van der Waals surface area contributed by atoms with Crippen LogP contribution >= 0.6 is 0 Å². The van der Waals surface area contributed by atoms with Gasteiger partial charge in [0.25, 0.3) is 0 Å². The van der Waals surface area contributed by atoms with Gasteiger partial charge in [0, 0.05) is 6.42 Å². The molecular weight excluding hydrogens is 178 g/mol. The van der Waals surface area contributed by atoms with Crippen molar-refractivity contribution in [1.29, 1.82) is 0 Å². The van der Waals surface area contributed by atoms with Crippen LogP contribution in [0.3, 0.4) is 0 Å². The molecule has 0 aromatic carbocycles. The maximum absolute atomic E-state index is 11.0. The van der Waals surface area contributed by atoms with E-state index < -0.39 is 36.5 Å². The molecular formula is C7H11NO5. The average molecular weight is 189 g/mol. The Morgan fingerprint density at radius 3 is 2.46 bits per heavy atom. The summed E-state index contributed by atoms with van der Waals surface area (Å²) >= 11 is 0. The molecule has 0 aromatic heterocycles. The van der Waals surface area contributed by atoms with Gasteiger partial charge in [0.15, 0.2) is 0 Å². The van der Waals surface area contributed by atoms with Gasteiger partial charge in [0.1, 0.15) is 6.10 Å². The van der Waals surface area contributed by atoms with Gasteiger partial charge in [-0.15, -0.1) is 0 Å². The van der Waals surface area contributed by atoms with Crippen molar-refractivity contribution in [3.8, 4) is 0 Å². The first-order chi connectivity index (χ1) is 6.06. The summed E-state index contributed by atoms with van der Waals surface area (Å²) < 4.78 is 0. The van der Waals surface area contributed by atoms with Crippen molar-refractivity contribution in [3.05, 3.63) is 0 Å². The second-order valence-corrected chi connectivity index (χ2v) is 2.96. The lowest BCUT2D eigenvalue weighted by Crippen LogP contribution is -2.39. The van der Waals surface area contributed by atoms with Crippen molar-refractivity contribution < 1.29 is 24.9 Å². The molecule has 3 unspecified atom stereocenters. The first-order valence-electron chi connectivity index (χ1n) is 3.87. The zero-order chi connectivity index (χ0) is 10.0. The van der Waals surface area contributed by atoms with Crippen LogP contribution in [-0.2, 0) is 9.59 Å². The minimum Gasteiger partial charge on any atom is -0.394 e. The summed E-state index contributed by atoms with van der Waals surface area (Å²) in [5.74, 6) is -2.03. The van der Waals surface area contributed by atoms with E-state index >= 15 is 0 Å². The summed E-state index contributed by atoms with van der Waals surface area (Å²) in [6.45, 7) is -0.640. The molecule has 1 saturated heterocycles. The van der Waals surface area contributed by atoms with E-state index in [0.29, 0.717) is 0 Å². The molecule has 0 aromatic rings. The number of aliphatic hydroxyl groups is 3. The van der Waals surface area contributed by atoms with E-state index in [1.165, 1.54) is 0 Å². The number of hydrogen-bond acceptors (Lipinski definition) is 5. The Morgan fingerprint density at radius 1 is 1.46 bits per heavy atom. The number of hydrogen-bond donors (Lipinski definition) is 4. The van der Waals surface area contributed by atoms with Crippen molar-refractivity contribution in [2.75, 3.05) is 6.61 Å². The molecule has 3 atom stereocenters. The van der Waals surface area contributed by atoms with Crippen LogP contribution in [-0.4, -0.2) is 45.9 Å². The molecule has 0 spiro atoms. The van der Waals surface area contributed by atoms with E-state index in [1.54, 1.807) is 0 Å². The highest BCUT2D eigenvalue weighted by Crippen LogP contribution is 2.17. The summed E-state index contributed by atoms with van der Waals surface area (Å²) in [5.41, 5.74) is 0. The molecule has 2 amide bonds. The third kappa shape index (κ3) is 2.03. The molecule has 1 heterocycles. The molecule has 1 aliphatic heterocycles. The number of rotatable bonds is 3. The van der Waals surface area contributed by atoms with Gasteiger partial charge in [0.2, 0.25) is 11.8 Å². The summed E-state index contributed by atoms with van der Waals surface area (Å²) in [5, 5.41) is 28.8. The second-order valence-electron chi connectivity index (χ2n) is 2.96. The van der Waals surface area contributed by atoms with Crippen molar-refractivity contribution in [2.24, 2.45) is 5.92 Å². The highest BCUT2D eigenvalue weighted by molar-refractivity contribution is 6.03. The molecule has 74 valence electrons. The third-order valence-electron chi connectivity index (χ3n) is 2.00. The van der Waals surface area contributed by atoms with Crippen molar-refractivity contribution >= 4 is 11.8 Å². The third-order valence-corrected chi connectivity index (χ3v) is 2.00. The summed E-state index contributed by atoms with van der Waals surface area (Å²) in [6.07, 6.45) is -2.92. The SMILES string of the molecule is O=C1CC(C(O)C(O)CO)C(=O)N1. The van der Waals surface area contributed by atoms with E-state index in [-0.39, 0.29) is 6.42 Å². The van der Waals surface area contributed by atoms with Gasteiger partial charge in [-0.05, 0) is 0 Å². The molecule has 0 aliphatic carbocycles. The van der Waals surface area contributed by atoms with Gasteiger partial charge < -0.3 is 15.3 Å². The Labute approximate surface area is 74.2 Å². The molecule has 1 rings (SSSR count). The molecule has 4 N–H and O–H groups in total. The average Bonchev–Trinajstić information content (AvgIpc) is 2.42. The Hall–Kier alpha value is -0.980. The van der Waals surface area contributed by atoms with Gasteiger partial charge in [-0.3, -0.25) is 14.9 Å². The van der Waals surface area contributed by atoms with Crippen LogP contribution in [0, 0.1) is 5.92 Å². The number of aliphatic hydroxyl groups excluding tert-OH is 3. The predicted octanol–water partition coefficient (Wildman–Crippen LogP) is -2.64. The Morgan fingerprint density at radius 2 is 2.08 bits per heavy atom. The number of carbonyl (C=O) groups excluding carboxylic acids is 2. The maximum atomic E-state index is 11.0. The molecule has 1 fully saturated rings. The predicted molar refractivity (Wildman–Crippen MR) is 40.4 cm³/mol. The van der Waals surface area contributed by atoms with Crippen molar-refractivity contribution in [2.45, 2.75) is 18.6 Å². The molecule has 0 radical (unpaired) electrons.